The van der Waals surface area contributed by atoms with Gasteiger partial charge in [0.15, 0.2) is 10.7 Å². The maximum absolute atomic E-state index is 13.7. The standard InChI is InChI=1S/C26H35N3O4S/c1-19-10-11-20(2)22(17-19)12-13-24-25(21(3)27-33-24)34(31,32)29-16-8-9-23(18-29)26(30)28-14-6-4-5-7-15-28/h10-13,17,23H,4-9,14-16,18H2,1-3H3/b13-12+. The van der Waals surface area contributed by atoms with E-state index in [4.69, 9.17) is 4.52 Å². The molecule has 0 bridgehead atoms. The van der Waals surface area contributed by atoms with Gasteiger partial charge in [-0.2, -0.15) is 4.31 Å². The fraction of sp³-hybridized carbons (Fsp3) is 0.538. The van der Waals surface area contributed by atoms with Gasteiger partial charge in [-0.3, -0.25) is 4.79 Å². The second-order valence-corrected chi connectivity index (χ2v) is 11.5. The Morgan fingerprint density at radius 1 is 1.03 bits per heavy atom. The summed E-state index contributed by atoms with van der Waals surface area (Å²) >= 11 is 0. The summed E-state index contributed by atoms with van der Waals surface area (Å²) in [6.07, 6.45) is 9.29. The van der Waals surface area contributed by atoms with Gasteiger partial charge in [0, 0.05) is 26.2 Å². The fourth-order valence-electron chi connectivity index (χ4n) is 4.94. The minimum absolute atomic E-state index is 0.0944. The molecule has 8 heteroatoms. The monoisotopic (exact) mass is 485 g/mol. The van der Waals surface area contributed by atoms with Crippen LogP contribution < -0.4 is 0 Å². The molecule has 1 atom stereocenters. The molecule has 0 radical (unpaired) electrons. The summed E-state index contributed by atoms with van der Waals surface area (Å²) in [4.78, 5) is 15.2. The molecule has 0 saturated carbocycles. The van der Waals surface area contributed by atoms with E-state index in [1.54, 1.807) is 13.0 Å². The third kappa shape index (κ3) is 5.28. The third-order valence-electron chi connectivity index (χ3n) is 6.93. The van der Waals surface area contributed by atoms with Gasteiger partial charge in [-0.1, -0.05) is 47.8 Å². The van der Waals surface area contributed by atoms with Crippen molar-refractivity contribution < 1.29 is 17.7 Å². The van der Waals surface area contributed by atoms with Gasteiger partial charge >= 0.3 is 0 Å². The molecule has 4 rings (SSSR count). The smallest absolute Gasteiger partial charge is 0.248 e. The third-order valence-corrected chi connectivity index (χ3v) is 8.96. The Hall–Kier alpha value is -2.45. The van der Waals surface area contributed by atoms with E-state index in [9.17, 15) is 13.2 Å². The van der Waals surface area contributed by atoms with E-state index in [0.29, 0.717) is 18.7 Å². The van der Waals surface area contributed by atoms with Crippen LogP contribution in [0.4, 0.5) is 0 Å². The number of sulfonamides is 1. The summed E-state index contributed by atoms with van der Waals surface area (Å²) in [5.74, 6) is 0.0222. The Morgan fingerprint density at radius 2 is 1.76 bits per heavy atom. The Kier molecular flexibility index (Phi) is 7.57. The Bertz CT molecular complexity index is 1160. The highest BCUT2D eigenvalue weighted by molar-refractivity contribution is 7.89. The van der Waals surface area contributed by atoms with Crippen LogP contribution in [0.3, 0.4) is 0 Å². The van der Waals surface area contributed by atoms with Crippen LogP contribution in [0.25, 0.3) is 12.2 Å². The zero-order valence-corrected chi connectivity index (χ0v) is 21.2. The largest absolute Gasteiger partial charge is 0.355 e. The number of rotatable bonds is 5. The minimum Gasteiger partial charge on any atom is -0.355 e. The highest BCUT2D eigenvalue weighted by Gasteiger charge is 2.38. The number of amides is 1. The lowest BCUT2D eigenvalue weighted by atomic mass is 9.98. The Labute approximate surface area is 202 Å². The summed E-state index contributed by atoms with van der Waals surface area (Å²) < 4.78 is 34.3. The van der Waals surface area contributed by atoms with E-state index in [1.165, 1.54) is 4.31 Å². The summed E-state index contributed by atoms with van der Waals surface area (Å²) in [6, 6.07) is 6.13. The molecule has 7 nitrogen and oxygen atoms in total. The van der Waals surface area contributed by atoms with Gasteiger partial charge < -0.3 is 9.42 Å². The molecule has 0 aliphatic carbocycles. The van der Waals surface area contributed by atoms with E-state index in [2.05, 4.69) is 5.16 Å². The highest BCUT2D eigenvalue weighted by atomic mass is 32.2. The number of carbonyl (C=O) groups is 1. The predicted octanol–water partition coefficient (Wildman–Crippen LogP) is 4.57. The molecule has 2 aliphatic heterocycles. The normalized spacial score (nSPS) is 20.6. The van der Waals surface area contributed by atoms with Crippen LogP contribution in [0.1, 0.15) is 66.7 Å². The SMILES string of the molecule is Cc1ccc(C)c(/C=C/c2onc(C)c2S(=O)(=O)N2CCCC(C(=O)N3CCCCCC3)C2)c1. The zero-order valence-electron chi connectivity index (χ0n) is 20.4. The van der Waals surface area contributed by atoms with E-state index < -0.39 is 10.0 Å². The van der Waals surface area contributed by atoms with Gasteiger partial charge in [-0.15, -0.1) is 0 Å². The van der Waals surface area contributed by atoms with Gasteiger partial charge in [-0.25, -0.2) is 8.42 Å². The number of benzene rings is 1. The van der Waals surface area contributed by atoms with Crippen molar-refractivity contribution in [2.45, 2.75) is 64.2 Å². The van der Waals surface area contributed by atoms with Crippen LogP contribution in [0, 0.1) is 26.7 Å². The Morgan fingerprint density at radius 3 is 2.50 bits per heavy atom. The summed E-state index contributed by atoms with van der Waals surface area (Å²) in [5, 5.41) is 3.96. The molecule has 2 aliphatic rings. The number of hydrogen-bond acceptors (Lipinski definition) is 5. The Balaban J connectivity index is 1.56. The molecule has 184 valence electrons. The van der Waals surface area contributed by atoms with Crippen LogP contribution in [0.5, 0.6) is 0 Å². The van der Waals surface area contributed by atoms with Crippen molar-refractivity contribution >= 4 is 28.1 Å². The number of hydrogen-bond donors (Lipinski definition) is 0. The maximum atomic E-state index is 13.7. The average Bonchev–Trinajstić information content (AvgIpc) is 3.02. The van der Waals surface area contributed by atoms with Crippen LogP contribution in [-0.4, -0.2) is 54.9 Å². The number of carbonyl (C=O) groups excluding carboxylic acids is 1. The quantitative estimate of drug-likeness (QED) is 0.619. The van der Waals surface area contributed by atoms with Crippen molar-refractivity contribution in [3.05, 3.63) is 46.3 Å². The van der Waals surface area contributed by atoms with Crippen LogP contribution >= 0.6 is 0 Å². The summed E-state index contributed by atoms with van der Waals surface area (Å²) in [7, 11) is -3.85. The minimum atomic E-state index is -3.85. The zero-order chi connectivity index (χ0) is 24.3. The second-order valence-electron chi connectivity index (χ2n) is 9.60. The number of piperidine rings is 1. The van der Waals surface area contributed by atoms with E-state index in [1.807, 2.05) is 43.0 Å². The molecule has 0 spiro atoms. The number of likely N-dealkylation sites (tertiary alicyclic amines) is 1. The molecule has 2 saturated heterocycles. The molecule has 2 aromatic rings. The summed E-state index contributed by atoms with van der Waals surface area (Å²) in [5.41, 5.74) is 3.55. The molecule has 1 aromatic carbocycles. The van der Waals surface area contributed by atoms with Crippen LogP contribution in [0.2, 0.25) is 0 Å². The molecule has 1 amide bonds. The predicted molar refractivity (Wildman–Crippen MR) is 133 cm³/mol. The van der Waals surface area contributed by atoms with E-state index in [0.717, 1.165) is 61.9 Å². The first-order valence-corrected chi connectivity index (χ1v) is 13.7. The van der Waals surface area contributed by atoms with Gasteiger partial charge in [0.25, 0.3) is 0 Å². The number of nitrogens with zero attached hydrogens (tertiary/aromatic N) is 3. The lowest BCUT2D eigenvalue weighted by Crippen LogP contribution is -2.47. The van der Waals surface area contributed by atoms with Gasteiger partial charge in [0.2, 0.25) is 15.9 Å². The number of aryl methyl sites for hydroxylation is 3. The molecular formula is C26H35N3O4S. The van der Waals surface area contributed by atoms with Crippen LogP contribution in [0.15, 0.2) is 27.6 Å². The number of aromatic nitrogens is 1. The fourth-order valence-corrected chi connectivity index (χ4v) is 6.72. The molecule has 3 heterocycles. The van der Waals surface area contributed by atoms with Crippen molar-refractivity contribution in [2.24, 2.45) is 5.92 Å². The van der Waals surface area contributed by atoms with Crippen molar-refractivity contribution in [1.82, 2.24) is 14.4 Å². The van der Waals surface area contributed by atoms with Crippen molar-refractivity contribution in [3.63, 3.8) is 0 Å². The molecule has 0 N–H and O–H groups in total. The molecule has 2 fully saturated rings. The maximum Gasteiger partial charge on any atom is 0.248 e. The van der Waals surface area contributed by atoms with E-state index >= 15 is 0 Å². The summed E-state index contributed by atoms with van der Waals surface area (Å²) in [6.45, 7) is 7.84. The first-order valence-electron chi connectivity index (χ1n) is 12.3. The van der Waals surface area contributed by atoms with E-state index in [-0.39, 0.29) is 29.0 Å². The topological polar surface area (TPSA) is 83.7 Å². The van der Waals surface area contributed by atoms with Crippen molar-refractivity contribution in [2.75, 3.05) is 26.2 Å². The van der Waals surface area contributed by atoms with Crippen LogP contribution in [-0.2, 0) is 14.8 Å². The average molecular weight is 486 g/mol. The first-order chi connectivity index (χ1) is 16.3. The van der Waals surface area contributed by atoms with Gasteiger partial charge in [0.1, 0.15) is 5.69 Å². The second kappa shape index (κ2) is 10.4. The molecular weight excluding hydrogens is 450 g/mol. The molecule has 1 unspecified atom stereocenters. The van der Waals surface area contributed by atoms with Gasteiger partial charge in [0.05, 0.1) is 5.92 Å². The lowest BCUT2D eigenvalue weighted by molar-refractivity contribution is -0.136. The van der Waals surface area contributed by atoms with Crippen molar-refractivity contribution in [1.29, 1.82) is 0 Å². The molecule has 1 aromatic heterocycles. The molecule has 34 heavy (non-hydrogen) atoms. The first kappa shape index (κ1) is 24.7. The van der Waals surface area contributed by atoms with Gasteiger partial charge in [-0.05, 0) is 63.7 Å². The highest BCUT2D eigenvalue weighted by Crippen LogP contribution is 2.30. The lowest BCUT2D eigenvalue weighted by Gasteiger charge is -2.34. The van der Waals surface area contributed by atoms with Crippen molar-refractivity contribution in [3.8, 4) is 0 Å².